The molecule has 0 amide bonds. The molecular formula is C11H20N4O. The van der Waals surface area contributed by atoms with Gasteiger partial charge in [0.05, 0.1) is 30.3 Å². The lowest BCUT2D eigenvalue weighted by Gasteiger charge is -2.27. The summed E-state index contributed by atoms with van der Waals surface area (Å²) < 4.78 is 0. The van der Waals surface area contributed by atoms with E-state index in [0.29, 0.717) is 11.6 Å². The maximum absolute atomic E-state index is 9.33. The molecular weight excluding hydrogens is 204 g/mol. The highest BCUT2D eigenvalue weighted by Gasteiger charge is 2.19. The van der Waals surface area contributed by atoms with E-state index in [-0.39, 0.29) is 18.7 Å². The molecule has 5 heteroatoms. The first-order valence-corrected chi connectivity index (χ1v) is 5.31. The molecule has 1 heterocycles. The van der Waals surface area contributed by atoms with Gasteiger partial charge in [-0.3, -0.25) is 0 Å². The van der Waals surface area contributed by atoms with Crippen LogP contribution in [0.3, 0.4) is 0 Å². The lowest BCUT2D eigenvalue weighted by Crippen LogP contribution is -2.50. The highest BCUT2D eigenvalue weighted by molar-refractivity contribution is 5.08. The zero-order valence-electron chi connectivity index (χ0n) is 9.37. The Morgan fingerprint density at radius 1 is 1.69 bits per heavy atom. The van der Waals surface area contributed by atoms with E-state index in [1.54, 1.807) is 0 Å². The first kappa shape index (κ1) is 12.4. The minimum Gasteiger partial charge on any atom is -0.394 e. The third kappa shape index (κ3) is 3.86. The molecule has 2 atom stereocenters. The molecule has 0 aromatic heterocycles. The van der Waals surface area contributed by atoms with E-state index in [4.69, 9.17) is 5.73 Å². The predicted octanol–water partition coefficient (Wildman–Crippen LogP) is -0.654. The summed E-state index contributed by atoms with van der Waals surface area (Å²) in [5, 5.41) is 18.5. The average Bonchev–Trinajstić information content (AvgIpc) is 2.30. The van der Waals surface area contributed by atoms with Gasteiger partial charge in [-0.1, -0.05) is 25.3 Å². The van der Waals surface area contributed by atoms with E-state index in [2.05, 4.69) is 29.1 Å². The fourth-order valence-electron chi connectivity index (χ4n) is 1.57. The highest BCUT2D eigenvalue weighted by Crippen LogP contribution is 2.02. The van der Waals surface area contributed by atoms with E-state index >= 15 is 0 Å². The molecule has 1 aliphatic heterocycles. The Hall–Kier alpha value is -1.62. The second kappa shape index (κ2) is 6.07. The van der Waals surface area contributed by atoms with Gasteiger partial charge in [0, 0.05) is 6.54 Å². The Bertz CT molecular complexity index is 288. The van der Waals surface area contributed by atoms with Crippen molar-refractivity contribution in [3.05, 3.63) is 37.0 Å². The number of nitrogens with two attached hydrogens (primary N) is 1. The molecule has 0 bridgehead atoms. The highest BCUT2D eigenvalue weighted by atomic mass is 16.3. The molecule has 0 saturated heterocycles. The Morgan fingerprint density at radius 2 is 2.44 bits per heavy atom. The normalized spacial score (nSPS) is 27.7. The van der Waals surface area contributed by atoms with Gasteiger partial charge in [0.1, 0.15) is 0 Å². The van der Waals surface area contributed by atoms with E-state index in [9.17, 15) is 5.11 Å². The molecule has 5 nitrogen and oxygen atoms in total. The van der Waals surface area contributed by atoms with Crippen LogP contribution < -0.4 is 21.7 Å². The second-order valence-corrected chi connectivity index (χ2v) is 3.75. The van der Waals surface area contributed by atoms with E-state index in [1.807, 2.05) is 12.2 Å². The Balaban J connectivity index is 2.74. The number of aliphatic hydroxyl groups is 1. The van der Waals surface area contributed by atoms with Crippen molar-refractivity contribution in [2.45, 2.75) is 18.5 Å². The summed E-state index contributed by atoms with van der Waals surface area (Å²) >= 11 is 0. The predicted molar refractivity (Wildman–Crippen MR) is 65.2 cm³/mol. The van der Waals surface area contributed by atoms with E-state index in [0.717, 1.165) is 13.0 Å². The van der Waals surface area contributed by atoms with Crippen molar-refractivity contribution in [1.29, 1.82) is 0 Å². The largest absolute Gasteiger partial charge is 0.394 e. The molecule has 0 unspecified atom stereocenters. The molecule has 1 aliphatic rings. The van der Waals surface area contributed by atoms with Crippen LogP contribution in [0.25, 0.3) is 0 Å². The van der Waals surface area contributed by atoms with Crippen LogP contribution in [-0.4, -0.2) is 30.3 Å². The van der Waals surface area contributed by atoms with Crippen LogP contribution in [0.5, 0.6) is 0 Å². The number of hydrogen-bond donors (Lipinski definition) is 5. The molecule has 0 saturated carbocycles. The molecule has 0 radical (unpaired) electrons. The molecule has 90 valence electrons. The summed E-state index contributed by atoms with van der Waals surface area (Å²) in [5.41, 5.74) is 5.52. The van der Waals surface area contributed by atoms with Crippen molar-refractivity contribution < 1.29 is 5.11 Å². The van der Waals surface area contributed by atoms with Crippen LogP contribution in [0.1, 0.15) is 6.42 Å². The van der Waals surface area contributed by atoms with Gasteiger partial charge in [-0.15, -0.1) is 0 Å². The van der Waals surface area contributed by atoms with Crippen LogP contribution in [0.4, 0.5) is 0 Å². The fourth-order valence-corrected chi connectivity index (χ4v) is 1.57. The minimum atomic E-state index is -0.186. The van der Waals surface area contributed by atoms with Crippen molar-refractivity contribution in [1.82, 2.24) is 16.0 Å². The van der Waals surface area contributed by atoms with Crippen molar-refractivity contribution >= 4 is 0 Å². The van der Waals surface area contributed by atoms with E-state index < -0.39 is 0 Å². The van der Waals surface area contributed by atoms with Crippen molar-refractivity contribution in [3.63, 3.8) is 0 Å². The summed E-state index contributed by atoms with van der Waals surface area (Å²) in [6.45, 7) is 8.22. The van der Waals surface area contributed by atoms with Gasteiger partial charge >= 0.3 is 0 Å². The number of hydrogen-bond acceptors (Lipinski definition) is 5. The monoisotopic (exact) mass is 224 g/mol. The summed E-state index contributed by atoms with van der Waals surface area (Å²) in [5.74, 6) is 1.09. The summed E-state index contributed by atoms with van der Waals surface area (Å²) in [4.78, 5) is 0. The van der Waals surface area contributed by atoms with Gasteiger partial charge in [0.2, 0.25) is 0 Å². The van der Waals surface area contributed by atoms with Crippen LogP contribution in [0.15, 0.2) is 37.0 Å². The van der Waals surface area contributed by atoms with Gasteiger partial charge in [-0.25, -0.2) is 0 Å². The SMILES string of the molecule is C=C(N)N[C@@H]1/C=C\CCNC(=C)N[C@H]1CO. The van der Waals surface area contributed by atoms with Crippen LogP contribution in [0, 0.1) is 0 Å². The fraction of sp³-hybridized carbons (Fsp3) is 0.455. The summed E-state index contributed by atoms with van der Waals surface area (Å²) in [6, 6.07) is -0.284. The van der Waals surface area contributed by atoms with Crippen molar-refractivity contribution in [3.8, 4) is 0 Å². The molecule has 0 aromatic rings. The Labute approximate surface area is 96.1 Å². The standard InChI is InChI=1S/C11H20N4O/c1-8(12)14-10-5-3-4-6-13-9(2)15-11(10)7-16/h3,5,10-11,13-16H,1-2,4,6-7,12H2/b5-3-/t10-,11+/m1/s1. The minimum absolute atomic E-state index is 0.0179. The topological polar surface area (TPSA) is 82.3 Å². The first-order valence-electron chi connectivity index (χ1n) is 5.31. The van der Waals surface area contributed by atoms with Crippen molar-refractivity contribution in [2.75, 3.05) is 13.2 Å². The second-order valence-electron chi connectivity index (χ2n) is 3.75. The maximum atomic E-state index is 9.33. The van der Waals surface area contributed by atoms with Crippen LogP contribution in [0.2, 0.25) is 0 Å². The third-order valence-corrected chi connectivity index (χ3v) is 2.33. The maximum Gasteiger partial charge on any atom is 0.0916 e. The molecule has 0 fully saturated rings. The van der Waals surface area contributed by atoms with Gasteiger partial charge in [0.15, 0.2) is 0 Å². The van der Waals surface area contributed by atoms with E-state index in [1.165, 1.54) is 0 Å². The molecule has 0 aromatic carbocycles. The number of aliphatic hydroxyl groups excluding tert-OH is 1. The lowest BCUT2D eigenvalue weighted by molar-refractivity contribution is 0.232. The summed E-state index contributed by atoms with van der Waals surface area (Å²) in [7, 11) is 0. The van der Waals surface area contributed by atoms with Crippen LogP contribution in [-0.2, 0) is 0 Å². The zero-order valence-corrected chi connectivity index (χ0v) is 9.37. The summed E-state index contributed by atoms with van der Waals surface area (Å²) in [6.07, 6.45) is 4.91. The van der Waals surface area contributed by atoms with Gasteiger partial charge < -0.3 is 26.8 Å². The smallest absolute Gasteiger partial charge is 0.0916 e. The lowest BCUT2D eigenvalue weighted by atomic mass is 10.1. The third-order valence-electron chi connectivity index (χ3n) is 2.33. The quantitative estimate of drug-likeness (QED) is 0.411. The van der Waals surface area contributed by atoms with Gasteiger partial charge in [-0.2, -0.15) is 0 Å². The molecule has 1 rings (SSSR count). The van der Waals surface area contributed by atoms with Crippen LogP contribution >= 0.6 is 0 Å². The van der Waals surface area contributed by atoms with Gasteiger partial charge in [0.25, 0.3) is 0 Å². The molecule has 16 heavy (non-hydrogen) atoms. The zero-order chi connectivity index (χ0) is 12.0. The Kier molecular flexibility index (Phi) is 4.72. The molecule has 0 spiro atoms. The van der Waals surface area contributed by atoms with Crippen molar-refractivity contribution in [2.24, 2.45) is 5.73 Å². The number of rotatable bonds is 3. The van der Waals surface area contributed by atoms with Gasteiger partial charge in [-0.05, 0) is 6.42 Å². The average molecular weight is 224 g/mol. The first-order chi connectivity index (χ1) is 7.63. The molecule has 0 aliphatic carbocycles. The number of nitrogens with one attached hydrogen (secondary N) is 3. The Morgan fingerprint density at radius 3 is 3.06 bits per heavy atom. The molecule has 6 N–H and O–H groups in total.